The van der Waals surface area contributed by atoms with Gasteiger partial charge in [0.05, 0.1) is 11.0 Å². The second kappa shape index (κ2) is 12.1. The fourth-order valence-corrected chi connectivity index (χ4v) is 8.02. The lowest BCUT2D eigenvalue weighted by molar-refractivity contribution is 0.660. The van der Waals surface area contributed by atoms with E-state index in [0.717, 1.165) is 55.2 Å². The van der Waals surface area contributed by atoms with Crippen LogP contribution in [0.1, 0.15) is 25.0 Å². The van der Waals surface area contributed by atoms with Gasteiger partial charge in [-0.15, -0.1) is 0 Å². The number of hydrogen-bond acceptors (Lipinski definition) is 5. The summed E-state index contributed by atoms with van der Waals surface area (Å²) in [5, 5.41) is 2.08. The average Bonchev–Trinajstić information content (AvgIpc) is 3.47. The minimum atomic E-state index is -0.126. The SMILES string of the molecule is CC1(C)c2ccccc2-c2c(-c3cc(-c4nc(-c5ccccc5)nc(-c5ccccc5)n4)cc(-c4cc5cccnc5c5ncccc45)c3)cccc21. The number of rotatable bonds is 5. The van der Waals surface area contributed by atoms with Gasteiger partial charge in [-0.3, -0.25) is 9.97 Å². The van der Waals surface area contributed by atoms with Crippen molar-refractivity contribution in [1.82, 2.24) is 24.9 Å². The van der Waals surface area contributed by atoms with E-state index in [1.54, 1.807) is 0 Å². The van der Waals surface area contributed by atoms with Gasteiger partial charge >= 0.3 is 0 Å². The molecule has 0 spiro atoms. The lowest BCUT2D eigenvalue weighted by Gasteiger charge is -2.21. The van der Waals surface area contributed by atoms with Crippen molar-refractivity contribution >= 4 is 21.8 Å². The summed E-state index contributed by atoms with van der Waals surface area (Å²) in [7, 11) is 0. The van der Waals surface area contributed by atoms with Crippen LogP contribution < -0.4 is 0 Å². The van der Waals surface area contributed by atoms with Gasteiger partial charge in [-0.05, 0) is 80.9 Å². The Morgan fingerprint density at radius 2 is 0.943 bits per heavy atom. The minimum absolute atomic E-state index is 0.126. The molecule has 9 aromatic rings. The highest BCUT2D eigenvalue weighted by molar-refractivity contribution is 6.10. The molecule has 5 nitrogen and oxygen atoms in total. The molecule has 0 fully saturated rings. The van der Waals surface area contributed by atoms with Crippen LogP contribution in [0.15, 0.2) is 164 Å². The molecule has 250 valence electrons. The van der Waals surface area contributed by atoms with E-state index in [2.05, 4.69) is 92.7 Å². The monoisotopic (exact) mass is 679 g/mol. The molecular weight excluding hydrogens is 647 g/mol. The molecule has 10 rings (SSSR count). The molecule has 0 unspecified atom stereocenters. The summed E-state index contributed by atoms with van der Waals surface area (Å²) in [5.74, 6) is 1.87. The van der Waals surface area contributed by atoms with E-state index in [9.17, 15) is 0 Å². The molecule has 1 aliphatic rings. The Kier molecular flexibility index (Phi) is 7.08. The Balaban J connectivity index is 1.28. The molecule has 3 aromatic heterocycles. The Hall–Kier alpha value is -6.85. The lowest BCUT2D eigenvalue weighted by Crippen LogP contribution is -2.14. The molecule has 0 bridgehead atoms. The van der Waals surface area contributed by atoms with Gasteiger partial charge in [0.2, 0.25) is 0 Å². The molecular formula is C48H33N5. The predicted octanol–water partition coefficient (Wildman–Crippen LogP) is 11.6. The zero-order valence-electron chi connectivity index (χ0n) is 29.3. The third-order valence-corrected chi connectivity index (χ3v) is 10.6. The number of aromatic nitrogens is 5. The Bertz CT molecular complexity index is 2810. The standard InChI is InChI=1S/C48H33N5/c1-48(2)40-22-10-9-19-38(40)42-36(20-11-23-41(42)48)33-26-34(39-29-32-18-12-24-49-43(32)44-37(39)21-13-25-50-44)28-35(27-33)47-52-45(30-14-5-3-6-15-30)51-46(53-47)31-16-7-4-8-17-31/h3-29H,1-2H3. The molecule has 0 saturated heterocycles. The third kappa shape index (κ3) is 5.12. The smallest absolute Gasteiger partial charge is 0.164 e. The lowest BCUT2D eigenvalue weighted by atomic mass is 9.82. The van der Waals surface area contributed by atoms with Crippen molar-refractivity contribution in [3.8, 4) is 67.5 Å². The van der Waals surface area contributed by atoms with E-state index in [1.807, 2.05) is 85.2 Å². The fraction of sp³-hybridized carbons (Fsp3) is 0.0625. The second-order valence-corrected chi connectivity index (χ2v) is 14.1. The maximum absolute atomic E-state index is 5.17. The van der Waals surface area contributed by atoms with Crippen molar-refractivity contribution in [2.45, 2.75) is 19.3 Å². The summed E-state index contributed by atoms with van der Waals surface area (Å²) < 4.78 is 0. The van der Waals surface area contributed by atoms with E-state index < -0.39 is 0 Å². The van der Waals surface area contributed by atoms with Crippen LogP contribution in [-0.2, 0) is 5.41 Å². The van der Waals surface area contributed by atoms with Gasteiger partial charge in [-0.2, -0.15) is 0 Å². The van der Waals surface area contributed by atoms with Crippen LogP contribution in [0.5, 0.6) is 0 Å². The van der Waals surface area contributed by atoms with Crippen LogP contribution in [-0.4, -0.2) is 24.9 Å². The first-order valence-electron chi connectivity index (χ1n) is 17.9. The van der Waals surface area contributed by atoms with E-state index in [-0.39, 0.29) is 5.41 Å². The van der Waals surface area contributed by atoms with E-state index >= 15 is 0 Å². The van der Waals surface area contributed by atoms with Gasteiger partial charge < -0.3 is 0 Å². The summed E-state index contributed by atoms with van der Waals surface area (Å²) in [6, 6.07) is 53.1. The van der Waals surface area contributed by atoms with Gasteiger partial charge in [0.1, 0.15) is 0 Å². The van der Waals surface area contributed by atoms with Gasteiger partial charge in [0.15, 0.2) is 17.5 Å². The first-order valence-corrected chi connectivity index (χ1v) is 17.9. The number of benzene rings is 6. The van der Waals surface area contributed by atoms with Crippen molar-refractivity contribution in [2.75, 3.05) is 0 Å². The van der Waals surface area contributed by atoms with Gasteiger partial charge in [-0.25, -0.2) is 15.0 Å². The van der Waals surface area contributed by atoms with Crippen molar-refractivity contribution in [3.05, 3.63) is 175 Å². The highest BCUT2D eigenvalue weighted by atomic mass is 15.0. The summed E-state index contributed by atoms with van der Waals surface area (Å²) in [5.41, 5.74) is 14.0. The van der Waals surface area contributed by atoms with Gasteiger partial charge in [0, 0.05) is 45.3 Å². The molecule has 5 heteroatoms. The van der Waals surface area contributed by atoms with Gasteiger partial charge in [-0.1, -0.05) is 129 Å². The highest BCUT2D eigenvalue weighted by Gasteiger charge is 2.36. The van der Waals surface area contributed by atoms with Crippen LogP contribution in [0.3, 0.4) is 0 Å². The van der Waals surface area contributed by atoms with Crippen LogP contribution >= 0.6 is 0 Å². The number of pyridine rings is 2. The summed E-state index contributed by atoms with van der Waals surface area (Å²) in [6.07, 6.45) is 3.68. The average molecular weight is 680 g/mol. The van der Waals surface area contributed by atoms with Crippen molar-refractivity contribution in [3.63, 3.8) is 0 Å². The highest BCUT2D eigenvalue weighted by Crippen LogP contribution is 2.52. The molecule has 0 saturated carbocycles. The molecule has 6 aromatic carbocycles. The van der Waals surface area contributed by atoms with Crippen LogP contribution in [0, 0.1) is 0 Å². The van der Waals surface area contributed by atoms with Crippen molar-refractivity contribution in [2.24, 2.45) is 0 Å². The second-order valence-electron chi connectivity index (χ2n) is 14.1. The van der Waals surface area contributed by atoms with E-state index in [1.165, 1.54) is 27.8 Å². The largest absolute Gasteiger partial charge is 0.254 e. The number of hydrogen-bond donors (Lipinski definition) is 0. The maximum atomic E-state index is 5.17. The molecule has 0 radical (unpaired) electrons. The van der Waals surface area contributed by atoms with Crippen LogP contribution in [0.4, 0.5) is 0 Å². The fourth-order valence-electron chi connectivity index (χ4n) is 8.02. The topological polar surface area (TPSA) is 64.5 Å². The minimum Gasteiger partial charge on any atom is -0.254 e. The van der Waals surface area contributed by atoms with E-state index in [4.69, 9.17) is 24.9 Å². The summed E-state index contributed by atoms with van der Waals surface area (Å²) in [4.78, 5) is 24.9. The summed E-state index contributed by atoms with van der Waals surface area (Å²) >= 11 is 0. The van der Waals surface area contributed by atoms with Crippen LogP contribution in [0.2, 0.25) is 0 Å². The maximum Gasteiger partial charge on any atom is 0.164 e. The predicted molar refractivity (Wildman–Crippen MR) is 215 cm³/mol. The number of nitrogens with zero attached hydrogens (tertiary/aromatic N) is 5. The Morgan fingerprint density at radius 1 is 0.396 bits per heavy atom. The molecule has 0 atom stereocenters. The zero-order valence-corrected chi connectivity index (χ0v) is 29.3. The van der Waals surface area contributed by atoms with Crippen molar-refractivity contribution < 1.29 is 0 Å². The first kappa shape index (κ1) is 30.9. The van der Waals surface area contributed by atoms with Crippen molar-refractivity contribution in [1.29, 1.82) is 0 Å². The zero-order chi connectivity index (χ0) is 35.5. The molecule has 0 amide bonds. The first-order chi connectivity index (χ1) is 26.0. The summed E-state index contributed by atoms with van der Waals surface area (Å²) in [6.45, 7) is 4.65. The van der Waals surface area contributed by atoms with Gasteiger partial charge in [0.25, 0.3) is 0 Å². The quantitative estimate of drug-likeness (QED) is 0.169. The molecule has 53 heavy (non-hydrogen) atoms. The molecule has 1 aliphatic carbocycles. The molecule has 0 aliphatic heterocycles. The Morgan fingerprint density at radius 3 is 1.66 bits per heavy atom. The molecule has 0 N–H and O–H groups in total. The van der Waals surface area contributed by atoms with Crippen LogP contribution in [0.25, 0.3) is 89.4 Å². The normalized spacial score (nSPS) is 12.9. The molecule has 3 heterocycles. The van der Waals surface area contributed by atoms with E-state index in [0.29, 0.717) is 17.5 Å². The third-order valence-electron chi connectivity index (χ3n) is 10.6. The Labute approximate surface area is 307 Å². The number of fused-ring (bicyclic) bond motifs is 6.